The molecule has 8 nitrogen and oxygen atoms in total. The summed E-state index contributed by atoms with van der Waals surface area (Å²) in [4.78, 5) is 28.3. The van der Waals surface area contributed by atoms with Gasteiger partial charge in [-0.1, -0.05) is 0 Å². The third-order valence-corrected chi connectivity index (χ3v) is 2.14. The standard InChI is InChI=1S/C11H8N4O4/c12-11(16)10-8(2-1-5-13-10)19-7-3-4-9(14-6-7)15(17)18/h1-6H,(H2,12,16). The highest BCUT2D eigenvalue weighted by Crippen LogP contribution is 2.23. The van der Waals surface area contributed by atoms with Crippen molar-refractivity contribution in [3.8, 4) is 11.5 Å². The van der Waals surface area contributed by atoms with Gasteiger partial charge in [0, 0.05) is 12.3 Å². The lowest BCUT2D eigenvalue weighted by Gasteiger charge is -2.06. The largest absolute Gasteiger partial charge is 0.451 e. The lowest BCUT2D eigenvalue weighted by Crippen LogP contribution is -2.14. The molecule has 0 aliphatic carbocycles. The number of carbonyl (C=O) groups is 1. The molecule has 0 aromatic carbocycles. The normalized spacial score (nSPS) is 9.89. The van der Waals surface area contributed by atoms with Crippen molar-refractivity contribution in [2.45, 2.75) is 0 Å². The van der Waals surface area contributed by atoms with Gasteiger partial charge in [-0.25, -0.2) is 4.98 Å². The fourth-order valence-corrected chi connectivity index (χ4v) is 1.33. The van der Waals surface area contributed by atoms with Crippen LogP contribution in [0.2, 0.25) is 0 Å². The minimum absolute atomic E-state index is 0.0270. The molecule has 96 valence electrons. The number of nitrogens with two attached hydrogens (primary N) is 1. The van der Waals surface area contributed by atoms with Gasteiger partial charge < -0.3 is 20.6 Å². The molecule has 0 aliphatic rings. The number of pyridine rings is 2. The summed E-state index contributed by atoms with van der Waals surface area (Å²) < 4.78 is 5.36. The van der Waals surface area contributed by atoms with Gasteiger partial charge in [0.1, 0.15) is 0 Å². The number of carbonyl (C=O) groups excluding carboxylic acids is 1. The number of aromatic nitrogens is 2. The fraction of sp³-hybridized carbons (Fsp3) is 0. The molecule has 0 bridgehead atoms. The number of hydrogen-bond acceptors (Lipinski definition) is 6. The van der Waals surface area contributed by atoms with Crippen LogP contribution in [-0.4, -0.2) is 20.8 Å². The number of hydrogen-bond donors (Lipinski definition) is 1. The monoisotopic (exact) mass is 260 g/mol. The van der Waals surface area contributed by atoms with E-state index < -0.39 is 10.8 Å². The van der Waals surface area contributed by atoms with Crippen molar-refractivity contribution in [3.63, 3.8) is 0 Å². The van der Waals surface area contributed by atoms with Crippen molar-refractivity contribution in [1.82, 2.24) is 9.97 Å². The minimum atomic E-state index is -0.731. The maximum atomic E-state index is 11.1. The van der Waals surface area contributed by atoms with Gasteiger partial charge in [0.25, 0.3) is 5.91 Å². The third kappa shape index (κ3) is 2.80. The van der Waals surface area contributed by atoms with Crippen molar-refractivity contribution in [2.75, 3.05) is 0 Å². The van der Waals surface area contributed by atoms with Gasteiger partial charge >= 0.3 is 5.82 Å². The van der Waals surface area contributed by atoms with E-state index in [1.807, 2.05) is 0 Å². The Kier molecular flexibility index (Phi) is 3.33. The number of primary amides is 1. The van der Waals surface area contributed by atoms with E-state index in [1.165, 1.54) is 30.6 Å². The maximum absolute atomic E-state index is 11.1. The second-order valence-corrected chi connectivity index (χ2v) is 3.43. The van der Waals surface area contributed by atoms with Crippen LogP contribution in [0, 0.1) is 10.1 Å². The molecule has 0 spiro atoms. The first-order chi connectivity index (χ1) is 9.08. The molecule has 19 heavy (non-hydrogen) atoms. The Morgan fingerprint density at radius 3 is 2.68 bits per heavy atom. The number of ether oxygens (including phenoxy) is 1. The highest BCUT2D eigenvalue weighted by Gasteiger charge is 2.13. The Balaban J connectivity index is 2.26. The van der Waals surface area contributed by atoms with Crippen molar-refractivity contribution < 1.29 is 14.5 Å². The molecule has 2 rings (SSSR count). The number of amides is 1. The zero-order valence-corrected chi connectivity index (χ0v) is 9.52. The quantitative estimate of drug-likeness (QED) is 0.652. The maximum Gasteiger partial charge on any atom is 0.363 e. The molecule has 0 saturated carbocycles. The topological polar surface area (TPSA) is 121 Å². The van der Waals surface area contributed by atoms with E-state index in [4.69, 9.17) is 10.5 Å². The van der Waals surface area contributed by atoms with E-state index in [2.05, 4.69) is 9.97 Å². The molecule has 1 amide bonds. The lowest BCUT2D eigenvalue weighted by atomic mass is 10.3. The molecular weight excluding hydrogens is 252 g/mol. The Hall–Kier alpha value is -3.03. The molecule has 2 aromatic rings. The summed E-state index contributed by atoms with van der Waals surface area (Å²) in [6.07, 6.45) is 2.58. The second kappa shape index (κ2) is 5.08. The Bertz CT molecular complexity index is 627. The van der Waals surface area contributed by atoms with Crippen LogP contribution in [0.15, 0.2) is 36.7 Å². The van der Waals surface area contributed by atoms with Gasteiger partial charge in [0.2, 0.25) is 0 Å². The van der Waals surface area contributed by atoms with E-state index in [0.29, 0.717) is 0 Å². The van der Waals surface area contributed by atoms with Gasteiger partial charge in [-0.05, 0) is 28.1 Å². The minimum Gasteiger partial charge on any atom is -0.451 e. The molecule has 0 fully saturated rings. The van der Waals surface area contributed by atoms with E-state index in [0.717, 1.165) is 0 Å². The van der Waals surface area contributed by atoms with Crippen molar-refractivity contribution >= 4 is 11.7 Å². The van der Waals surface area contributed by atoms with Crippen LogP contribution in [0.3, 0.4) is 0 Å². The molecule has 0 saturated heterocycles. The van der Waals surface area contributed by atoms with Crippen LogP contribution >= 0.6 is 0 Å². The molecule has 0 radical (unpaired) electrons. The van der Waals surface area contributed by atoms with E-state index in [9.17, 15) is 14.9 Å². The summed E-state index contributed by atoms with van der Waals surface area (Å²) in [6.45, 7) is 0. The molecule has 2 heterocycles. The number of rotatable bonds is 4. The zero-order valence-electron chi connectivity index (χ0n) is 9.52. The predicted octanol–water partition coefficient (Wildman–Crippen LogP) is 1.28. The Labute approximate surface area is 107 Å². The third-order valence-electron chi connectivity index (χ3n) is 2.14. The number of nitrogens with zero attached hydrogens (tertiary/aromatic N) is 3. The van der Waals surface area contributed by atoms with E-state index in [1.54, 1.807) is 6.07 Å². The van der Waals surface area contributed by atoms with Gasteiger partial charge in [-0.15, -0.1) is 0 Å². The van der Waals surface area contributed by atoms with Crippen molar-refractivity contribution in [2.24, 2.45) is 5.73 Å². The Morgan fingerprint density at radius 2 is 2.11 bits per heavy atom. The average Bonchev–Trinajstić information content (AvgIpc) is 2.39. The summed E-state index contributed by atoms with van der Waals surface area (Å²) >= 11 is 0. The highest BCUT2D eigenvalue weighted by molar-refractivity contribution is 5.93. The molecule has 2 N–H and O–H groups in total. The summed E-state index contributed by atoms with van der Waals surface area (Å²) in [5, 5.41) is 10.4. The molecule has 0 unspecified atom stereocenters. The molecule has 0 atom stereocenters. The van der Waals surface area contributed by atoms with Crippen LogP contribution in [0.4, 0.5) is 5.82 Å². The summed E-state index contributed by atoms with van der Waals surface area (Å²) in [5.41, 5.74) is 5.12. The zero-order chi connectivity index (χ0) is 13.8. The van der Waals surface area contributed by atoms with Gasteiger partial charge in [0.15, 0.2) is 23.4 Å². The highest BCUT2D eigenvalue weighted by atomic mass is 16.6. The summed E-state index contributed by atoms with van der Waals surface area (Å²) in [5.74, 6) is -0.633. The molecule has 2 aromatic heterocycles. The lowest BCUT2D eigenvalue weighted by molar-refractivity contribution is -0.389. The van der Waals surface area contributed by atoms with Crippen molar-refractivity contribution in [3.05, 3.63) is 52.5 Å². The average molecular weight is 260 g/mol. The van der Waals surface area contributed by atoms with Crippen LogP contribution in [0.5, 0.6) is 11.5 Å². The molecule has 8 heteroatoms. The van der Waals surface area contributed by atoms with Crippen LogP contribution < -0.4 is 10.5 Å². The van der Waals surface area contributed by atoms with Crippen LogP contribution in [0.25, 0.3) is 0 Å². The van der Waals surface area contributed by atoms with Gasteiger partial charge in [0.05, 0.1) is 0 Å². The SMILES string of the molecule is NC(=O)c1ncccc1Oc1ccc([N+](=O)[O-])nc1. The first kappa shape index (κ1) is 12.4. The van der Waals surface area contributed by atoms with Crippen LogP contribution in [-0.2, 0) is 0 Å². The van der Waals surface area contributed by atoms with Gasteiger partial charge in [-0.3, -0.25) is 4.79 Å². The second-order valence-electron chi connectivity index (χ2n) is 3.43. The Morgan fingerprint density at radius 1 is 1.32 bits per heavy atom. The summed E-state index contributed by atoms with van der Waals surface area (Å²) in [7, 11) is 0. The smallest absolute Gasteiger partial charge is 0.363 e. The first-order valence-corrected chi connectivity index (χ1v) is 5.11. The van der Waals surface area contributed by atoms with Crippen LogP contribution in [0.1, 0.15) is 10.5 Å². The first-order valence-electron chi connectivity index (χ1n) is 5.11. The van der Waals surface area contributed by atoms with Crippen molar-refractivity contribution in [1.29, 1.82) is 0 Å². The molecular formula is C11H8N4O4. The van der Waals surface area contributed by atoms with Gasteiger partial charge in [-0.2, -0.15) is 0 Å². The molecule has 0 aliphatic heterocycles. The number of nitro groups is 1. The van der Waals surface area contributed by atoms with E-state index in [-0.39, 0.29) is 23.0 Å². The van der Waals surface area contributed by atoms with E-state index >= 15 is 0 Å². The fourth-order valence-electron chi connectivity index (χ4n) is 1.33. The predicted molar refractivity (Wildman–Crippen MR) is 63.7 cm³/mol. The summed E-state index contributed by atoms with van der Waals surface area (Å²) in [6, 6.07) is 5.63.